The summed E-state index contributed by atoms with van der Waals surface area (Å²) in [5, 5.41) is 3.24. The summed E-state index contributed by atoms with van der Waals surface area (Å²) in [4.78, 5) is 15.2. The van der Waals surface area contributed by atoms with Crippen molar-refractivity contribution in [2.75, 3.05) is 13.7 Å². The second-order valence-corrected chi connectivity index (χ2v) is 4.59. The lowest BCUT2D eigenvalue weighted by Crippen LogP contribution is -2.17. The van der Waals surface area contributed by atoms with Crippen molar-refractivity contribution in [1.29, 1.82) is 0 Å². The van der Waals surface area contributed by atoms with Crippen molar-refractivity contribution >= 4 is 5.97 Å². The molecule has 1 aromatic heterocycles. The largest absolute Gasteiger partial charge is 0.465 e. The van der Waals surface area contributed by atoms with Crippen LogP contribution in [0.25, 0.3) is 0 Å². The third-order valence-corrected chi connectivity index (χ3v) is 3.11. The highest BCUT2D eigenvalue weighted by Crippen LogP contribution is 2.11. The van der Waals surface area contributed by atoms with Gasteiger partial charge in [0.2, 0.25) is 0 Å². The van der Waals surface area contributed by atoms with Crippen molar-refractivity contribution in [1.82, 2.24) is 10.3 Å². The fourth-order valence-corrected chi connectivity index (χ4v) is 1.96. The number of pyridine rings is 1. The molecule has 2 rings (SSSR count). The summed E-state index contributed by atoms with van der Waals surface area (Å²) in [5.74, 6) is -1.22. The second kappa shape index (κ2) is 7.50. The van der Waals surface area contributed by atoms with Crippen LogP contribution in [0.3, 0.4) is 0 Å². The van der Waals surface area contributed by atoms with Gasteiger partial charge in [0.1, 0.15) is 5.82 Å². The summed E-state index contributed by atoms with van der Waals surface area (Å²) in [6, 6.07) is 8.44. The number of carbonyl (C=O) groups excluding carboxylic acids is 1. The van der Waals surface area contributed by atoms with Crippen LogP contribution in [0.1, 0.15) is 21.5 Å². The molecule has 0 unspecified atom stereocenters. The van der Waals surface area contributed by atoms with E-state index < -0.39 is 11.8 Å². The monoisotopic (exact) mass is 288 g/mol. The topological polar surface area (TPSA) is 51.2 Å². The van der Waals surface area contributed by atoms with E-state index in [1.54, 1.807) is 18.5 Å². The number of ether oxygens (including phenoxy) is 1. The highest BCUT2D eigenvalue weighted by molar-refractivity contribution is 5.89. The zero-order chi connectivity index (χ0) is 15.1. The molecule has 5 heteroatoms. The first-order valence-electron chi connectivity index (χ1n) is 6.67. The van der Waals surface area contributed by atoms with Crippen LogP contribution in [0, 0.1) is 5.82 Å². The minimum Gasteiger partial charge on any atom is -0.465 e. The lowest BCUT2D eigenvalue weighted by molar-refractivity contribution is 0.0595. The summed E-state index contributed by atoms with van der Waals surface area (Å²) in [6.45, 7) is 1.33. The fourth-order valence-electron chi connectivity index (χ4n) is 1.96. The fraction of sp³-hybridized carbons (Fsp3) is 0.250. The maximum absolute atomic E-state index is 13.7. The van der Waals surface area contributed by atoms with Gasteiger partial charge in [-0.15, -0.1) is 0 Å². The molecule has 2 aromatic rings. The Morgan fingerprint density at radius 2 is 2.00 bits per heavy atom. The van der Waals surface area contributed by atoms with Gasteiger partial charge in [-0.3, -0.25) is 4.98 Å². The highest BCUT2D eigenvalue weighted by atomic mass is 19.1. The van der Waals surface area contributed by atoms with Crippen LogP contribution in [-0.2, 0) is 17.7 Å². The van der Waals surface area contributed by atoms with E-state index in [0.29, 0.717) is 6.54 Å². The van der Waals surface area contributed by atoms with Gasteiger partial charge in [-0.1, -0.05) is 6.07 Å². The van der Waals surface area contributed by atoms with E-state index in [1.165, 1.54) is 24.8 Å². The summed E-state index contributed by atoms with van der Waals surface area (Å²) >= 11 is 0. The molecular formula is C16H17FN2O2. The van der Waals surface area contributed by atoms with Crippen LogP contribution in [0.5, 0.6) is 0 Å². The van der Waals surface area contributed by atoms with Gasteiger partial charge in [0.25, 0.3) is 0 Å². The zero-order valence-electron chi connectivity index (χ0n) is 11.8. The van der Waals surface area contributed by atoms with Gasteiger partial charge < -0.3 is 10.1 Å². The number of nitrogens with one attached hydrogen (secondary N) is 1. The standard InChI is InChI=1S/C16H17FN2O2/c1-21-16(20)14-3-2-13(10-15(14)17)11-19-9-6-12-4-7-18-8-5-12/h2-5,7-8,10,19H,6,9,11H2,1H3. The number of halogens is 1. The highest BCUT2D eigenvalue weighted by Gasteiger charge is 2.11. The smallest absolute Gasteiger partial charge is 0.340 e. The number of esters is 1. The molecule has 4 nitrogen and oxygen atoms in total. The molecule has 0 fully saturated rings. The molecule has 1 aromatic carbocycles. The van der Waals surface area contributed by atoms with Crippen molar-refractivity contribution in [2.24, 2.45) is 0 Å². The molecule has 0 amide bonds. The Kier molecular flexibility index (Phi) is 5.40. The summed E-state index contributed by atoms with van der Waals surface area (Å²) in [7, 11) is 1.23. The SMILES string of the molecule is COC(=O)c1ccc(CNCCc2ccncc2)cc1F. The van der Waals surface area contributed by atoms with Gasteiger partial charge in [-0.2, -0.15) is 0 Å². The summed E-state index contributed by atoms with van der Waals surface area (Å²) in [5.41, 5.74) is 1.94. The molecule has 0 aliphatic carbocycles. The number of rotatable bonds is 6. The van der Waals surface area contributed by atoms with E-state index >= 15 is 0 Å². The van der Waals surface area contributed by atoms with Crippen molar-refractivity contribution in [3.63, 3.8) is 0 Å². The van der Waals surface area contributed by atoms with Crippen molar-refractivity contribution in [3.8, 4) is 0 Å². The average Bonchev–Trinajstić information content (AvgIpc) is 2.52. The number of aromatic nitrogens is 1. The number of carbonyl (C=O) groups is 1. The normalized spacial score (nSPS) is 10.4. The van der Waals surface area contributed by atoms with Crippen LogP contribution in [0.2, 0.25) is 0 Å². The first-order chi connectivity index (χ1) is 10.2. The Bertz CT molecular complexity index is 602. The number of hydrogen-bond donors (Lipinski definition) is 1. The molecule has 0 radical (unpaired) electrons. The van der Waals surface area contributed by atoms with Gasteiger partial charge in [0.05, 0.1) is 12.7 Å². The number of hydrogen-bond acceptors (Lipinski definition) is 4. The molecule has 0 saturated carbocycles. The van der Waals surface area contributed by atoms with Crippen LogP contribution in [-0.4, -0.2) is 24.6 Å². The molecule has 0 aliphatic rings. The van der Waals surface area contributed by atoms with E-state index in [2.05, 4.69) is 15.0 Å². The Labute approximate surface area is 123 Å². The van der Waals surface area contributed by atoms with Crippen LogP contribution < -0.4 is 5.32 Å². The minimum absolute atomic E-state index is 0.0435. The molecule has 21 heavy (non-hydrogen) atoms. The number of nitrogens with zero attached hydrogens (tertiary/aromatic N) is 1. The molecule has 1 heterocycles. The van der Waals surface area contributed by atoms with Crippen molar-refractivity contribution in [3.05, 3.63) is 65.2 Å². The quantitative estimate of drug-likeness (QED) is 0.655. The summed E-state index contributed by atoms with van der Waals surface area (Å²) in [6.07, 6.45) is 4.40. The Hall–Kier alpha value is -2.27. The third-order valence-electron chi connectivity index (χ3n) is 3.11. The Morgan fingerprint density at radius 3 is 2.67 bits per heavy atom. The van der Waals surface area contributed by atoms with E-state index in [-0.39, 0.29) is 5.56 Å². The van der Waals surface area contributed by atoms with Crippen molar-refractivity contribution < 1.29 is 13.9 Å². The predicted octanol–water partition coefficient (Wildman–Crippen LogP) is 2.34. The first kappa shape index (κ1) is 15.1. The summed E-state index contributed by atoms with van der Waals surface area (Å²) < 4.78 is 18.2. The lowest BCUT2D eigenvalue weighted by atomic mass is 10.1. The number of benzene rings is 1. The van der Waals surface area contributed by atoms with Gasteiger partial charge >= 0.3 is 5.97 Å². The van der Waals surface area contributed by atoms with Gasteiger partial charge in [-0.05, 0) is 48.4 Å². The van der Waals surface area contributed by atoms with Crippen LogP contribution in [0.4, 0.5) is 4.39 Å². The third kappa shape index (κ3) is 4.36. The van der Waals surface area contributed by atoms with Gasteiger partial charge in [-0.25, -0.2) is 9.18 Å². The van der Waals surface area contributed by atoms with Crippen LogP contribution in [0.15, 0.2) is 42.7 Å². The molecule has 0 aliphatic heterocycles. The van der Waals surface area contributed by atoms with E-state index in [0.717, 1.165) is 18.5 Å². The first-order valence-corrected chi connectivity index (χ1v) is 6.67. The molecule has 0 spiro atoms. The molecule has 0 atom stereocenters. The van der Waals surface area contributed by atoms with E-state index in [1.807, 2.05) is 12.1 Å². The van der Waals surface area contributed by atoms with Crippen LogP contribution >= 0.6 is 0 Å². The van der Waals surface area contributed by atoms with E-state index in [9.17, 15) is 9.18 Å². The maximum atomic E-state index is 13.7. The second-order valence-electron chi connectivity index (χ2n) is 4.59. The Morgan fingerprint density at radius 1 is 1.24 bits per heavy atom. The molecule has 0 bridgehead atoms. The zero-order valence-corrected chi connectivity index (χ0v) is 11.8. The molecular weight excluding hydrogens is 271 g/mol. The Balaban J connectivity index is 1.84. The van der Waals surface area contributed by atoms with E-state index in [4.69, 9.17) is 0 Å². The van der Waals surface area contributed by atoms with Gasteiger partial charge in [0, 0.05) is 18.9 Å². The molecule has 110 valence electrons. The predicted molar refractivity (Wildman–Crippen MR) is 77.4 cm³/mol. The molecule has 1 N–H and O–H groups in total. The lowest BCUT2D eigenvalue weighted by Gasteiger charge is -2.07. The average molecular weight is 288 g/mol. The minimum atomic E-state index is -0.662. The van der Waals surface area contributed by atoms with Crippen molar-refractivity contribution in [2.45, 2.75) is 13.0 Å². The molecule has 0 saturated heterocycles. The number of methoxy groups -OCH3 is 1. The van der Waals surface area contributed by atoms with Gasteiger partial charge in [0.15, 0.2) is 0 Å². The maximum Gasteiger partial charge on any atom is 0.340 e.